The quantitative estimate of drug-likeness (QED) is 0.322. The molecule has 2 fully saturated rings. The van der Waals surface area contributed by atoms with E-state index < -0.39 is 24.0 Å². The molecule has 1 unspecified atom stereocenters. The van der Waals surface area contributed by atoms with Crippen LogP contribution in [0.3, 0.4) is 0 Å². The van der Waals surface area contributed by atoms with E-state index in [2.05, 4.69) is 0 Å². The number of rotatable bonds is 8. The summed E-state index contributed by atoms with van der Waals surface area (Å²) >= 11 is 0. The number of esters is 1. The fraction of sp³-hybridized carbons (Fsp3) is 0.421. The third-order valence-electron chi connectivity index (χ3n) is 10.4. The molecule has 10 nitrogen and oxygen atoms in total. The van der Waals surface area contributed by atoms with Crippen LogP contribution in [0.15, 0.2) is 72.8 Å². The van der Waals surface area contributed by atoms with E-state index in [1.165, 1.54) is 4.90 Å². The fourth-order valence-electron chi connectivity index (χ4n) is 7.90. The number of ether oxygens (including phenoxy) is 2. The minimum absolute atomic E-state index is 0.0727. The van der Waals surface area contributed by atoms with Gasteiger partial charge in [0.05, 0.1) is 24.4 Å². The highest BCUT2D eigenvalue weighted by atomic mass is 16.5. The third kappa shape index (κ3) is 6.35. The lowest BCUT2D eigenvalue weighted by Crippen LogP contribution is -2.50. The van der Waals surface area contributed by atoms with Crippen LogP contribution in [-0.4, -0.2) is 76.0 Å². The molecular formula is C38H41N3O7. The van der Waals surface area contributed by atoms with Crippen molar-refractivity contribution in [3.8, 4) is 5.75 Å². The van der Waals surface area contributed by atoms with Gasteiger partial charge in [-0.3, -0.25) is 14.4 Å². The molecule has 1 saturated heterocycles. The highest BCUT2D eigenvalue weighted by Crippen LogP contribution is 2.42. The van der Waals surface area contributed by atoms with Crippen molar-refractivity contribution in [2.24, 2.45) is 11.8 Å². The predicted molar refractivity (Wildman–Crippen MR) is 176 cm³/mol. The summed E-state index contributed by atoms with van der Waals surface area (Å²) in [5.41, 5.74) is 4.42. The topological polar surface area (TPSA) is 117 Å². The molecule has 1 aliphatic carbocycles. The van der Waals surface area contributed by atoms with E-state index in [4.69, 9.17) is 9.47 Å². The molecule has 0 bridgehead atoms. The standard InChI is InChI=1S/C38H41N3O7/c42-35-29-13-5-4-11-27(29)21-40(35)23-32-34-26(12-8-16-33(34)48-28-18-19-39(22-28)38(45)46)17-20-41(32)36(43)30-14-6-7-15-31(30)37(44)47-24-25-9-2-1-3-10-25/h1-5,8-13,16,28,30-32H,6-7,14-15,17-24H2,(H,45,46)/t28?,30-,31+,32-/m1/s1. The normalized spacial score (nSPS) is 23.4. The fourth-order valence-corrected chi connectivity index (χ4v) is 7.90. The molecule has 250 valence electrons. The van der Waals surface area contributed by atoms with Gasteiger partial charge in [0.2, 0.25) is 5.91 Å². The second-order valence-corrected chi connectivity index (χ2v) is 13.3. The number of amides is 3. The van der Waals surface area contributed by atoms with Crippen LogP contribution >= 0.6 is 0 Å². The average molecular weight is 652 g/mol. The number of carbonyl (C=O) groups is 4. The van der Waals surface area contributed by atoms with E-state index in [0.717, 1.165) is 35.1 Å². The molecule has 3 aromatic carbocycles. The van der Waals surface area contributed by atoms with E-state index in [9.17, 15) is 24.3 Å². The number of hydrogen-bond acceptors (Lipinski definition) is 6. The van der Waals surface area contributed by atoms with Crippen LogP contribution in [0.1, 0.15) is 70.8 Å². The van der Waals surface area contributed by atoms with Gasteiger partial charge in [0, 0.05) is 43.7 Å². The molecule has 0 spiro atoms. The first-order valence-corrected chi connectivity index (χ1v) is 17.0. The molecule has 1 saturated carbocycles. The highest BCUT2D eigenvalue weighted by molar-refractivity contribution is 5.98. The molecule has 10 heteroatoms. The van der Waals surface area contributed by atoms with E-state index in [0.29, 0.717) is 56.6 Å². The third-order valence-corrected chi connectivity index (χ3v) is 10.4. The van der Waals surface area contributed by atoms with Gasteiger partial charge in [-0.1, -0.05) is 73.5 Å². The highest BCUT2D eigenvalue weighted by Gasteiger charge is 2.44. The summed E-state index contributed by atoms with van der Waals surface area (Å²) in [5, 5.41) is 9.52. The van der Waals surface area contributed by atoms with Gasteiger partial charge >= 0.3 is 12.1 Å². The Labute approximate surface area is 280 Å². The summed E-state index contributed by atoms with van der Waals surface area (Å²) in [7, 11) is 0. The summed E-state index contributed by atoms with van der Waals surface area (Å²) in [6.07, 6.45) is 2.77. The van der Waals surface area contributed by atoms with E-state index in [1.54, 1.807) is 4.90 Å². The SMILES string of the molecule is O=C(OCc1ccccc1)[C@H]1CCCC[C@H]1C(=O)N1CCc2cccc(OC3CCN(C(=O)O)C3)c2[C@H]1CN1Cc2ccccc2C1=O. The molecule has 48 heavy (non-hydrogen) atoms. The van der Waals surface area contributed by atoms with Crippen molar-refractivity contribution in [3.63, 3.8) is 0 Å². The van der Waals surface area contributed by atoms with Crippen molar-refractivity contribution in [3.05, 3.63) is 101 Å². The Balaban J connectivity index is 1.18. The van der Waals surface area contributed by atoms with Gasteiger partial charge in [0.1, 0.15) is 18.5 Å². The number of carbonyl (C=O) groups excluding carboxylic acids is 3. The maximum Gasteiger partial charge on any atom is 0.407 e. The summed E-state index contributed by atoms with van der Waals surface area (Å²) < 4.78 is 12.3. The maximum atomic E-state index is 14.7. The van der Waals surface area contributed by atoms with Crippen molar-refractivity contribution in [1.82, 2.24) is 14.7 Å². The van der Waals surface area contributed by atoms with Crippen molar-refractivity contribution < 1.29 is 33.8 Å². The van der Waals surface area contributed by atoms with Gasteiger partial charge in [0.15, 0.2) is 0 Å². The number of benzene rings is 3. The monoisotopic (exact) mass is 651 g/mol. The van der Waals surface area contributed by atoms with Gasteiger partial charge in [-0.15, -0.1) is 0 Å². The van der Waals surface area contributed by atoms with Crippen LogP contribution in [0, 0.1) is 11.8 Å². The largest absolute Gasteiger partial charge is 0.488 e. The molecule has 0 aromatic heterocycles. The Morgan fingerprint density at radius 1 is 0.833 bits per heavy atom. The number of nitrogens with zero attached hydrogens (tertiary/aromatic N) is 3. The molecule has 4 aliphatic rings. The molecule has 7 rings (SSSR count). The summed E-state index contributed by atoms with van der Waals surface area (Å²) in [5.74, 6) is -0.963. The zero-order valence-electron chi connectivity index (χ0n) is 27.0. The second kappa shape index (κ2) is 13.7. The Kier molecular flexibility index (Phi) is 9.06. The van der Waals surface area contributed by atoms with Crippen LogP contribution in [0.25, 0.3) is 0 Å². The van der Waals surface area contributed by atoms with Crippen molar-refractivity contribution in [2.75, 3.05) is 26.2 Å². The molecule has 0 radical (unpaired) electrons. The van der Waals surface area contributed by atoms with E-state index in [-0.39, 0.29) is 43.6 Å². The van der Waals surface area contributed by atoms with Gasteiger partial charge in [-0.2, -0.15) is 0 Å². The van der Waals surface area contributed by atoms with Crippen molar-refractivity contribution in [2.45, 2.75) is 63.8 Å². The molecular weight excluding hydrogens is 610 g/mol. The van der Waals surface area contributed by atoms with Gasteiger partial charge in [-0.25, -0.2) is 4.79 Å². The first kappa shape index (κ1) is 31.7. The lowest BCUT2D eigenvalue weighted by Gasteiger charge is -2.43. The Hall–Kier alpha value is -4.86. The minimum Gasteiger partial charge on any atom is -0.488 e. The van der Waals surface area contributed by atoms with Gasteiger partial charge in [-0.05, 0) is 48.1 Å². The summed E-state index contributed by atoms with van der Waals surface area (Å²) in [6.45, 7) is 1.99. The number of carboxylic acid groups (broad SMARTS) is 1. The molecule has 3 aliphatic heterocycles. The lowest BCUT2D eigenvalue weighted by molar-refractivity contribution is -0.159. The first-order valence-electron chi connectivity index (χ1n) is 17.0. The van der Waals surface area contributed by atoms with Crippen molar-refractivity contribution in [1.29, 1.82) is 0 Å². The maximum absolute atomic E-state index is 14.7. The minimum atomic E-state index is -0.970. The first-order chi connectivity index (χ1) is 23.4. The second-order valence-electron chi connectivity index (χ2n) is 13.3. The summed E-state index contributed by atoms with van der Waals surface area (Å²) in [4.78, 5) is 58.5. The lowest BCUT2D eigenvalue weighted by atomic mass is 9.77. The molecule has 1 N–H and O–H groups in total. The summed E-state index contributed by atoms with van der Waals surface area (Å²) in [6, 6.07) is 22.5. The van der Waals surface area contributed by atoms with Crippen LogP contribution in [0.4, 0.5) is 4.79 Å². The Morgan fingerprint density at radius 3 is 2.35 bits per heavy atom. The van der Waals surface area contributed by atoms with Crippen LogP contribution < -0.4 is 4.74 Å². The smallest absolute Gasteiger partial charge is 0.407 e. The van der Waals surface area contributed by atoms with E-state index in [1.807, 2.05) is 77.7 Å². The Morgan fingerprint density at radius 2 is 1.58 bits per heavy atom. The van der Waals surface area contributed by atoms with Gasteiger partial charge < -0.3 is 29.3 Å². The number of likely N-dealkylation sites (tertiary alicyclic amines) is 1. The van der Waals surface area contributed by atoms with Crippen LogP contribution in [0.5, 0.6) is 5.75 Å². The zero-order valence-corrected chi connectivity index (χ0v) is 27.0. The molecule has 3 heterocycles. The van der Waals surface area contributed by atoms with Crippen LogP contribution in [0.2, 0.25) is 0 Å². The van der Waals surface area contributed by atoms with Gasteiger partial charge in [0.25, 0.3) is 5.91 Å². The molecule has 4 atom stereocenters. The molecule has 3 aromatic rings. The van der Waals surface area contributed by atoms with Crippen molar-refractivity contribution >= 4 is 23.9 Å². The molecule has 3 amide bonds. The predicted octanol–water partition coefficient (Wildman–Crippen LogP) is 5.45. The number of hydrogen-bond donors (Lipinski definition) is 1. The number of fused-ring (bicyclic) bond motifs is 2. The Bertz CT molecular complexity index is 1690. The van der Waals surface area contributed by atoms with E-state index >= 15 is 0 Å². The van der Waals surface area contributed by atoms with Crippen LogP contribution in [-0.2, 0) is 33.9 Å². The zero-order chi connectivity index (χ0) is 33.2. The average Bonchev–Trinajstić information content (AvgIpc) is 3.72.